The van der Waals surface area contributed by atoms with Crippen molar-refractivity contribution in [2.75, 3.05) is 6.61 Å². The molecule has 0 aliphatic carbocycles. The summed E-state index contributed by atoms with van der Waals surface area (Å²) in [6.07, 6.45) is 2.11. The van der Waals surface area contributed by atoms with Crippen molar-refractivity contribution in [2.24, 2.45) is 5.73 Å². The summed E-state index contributed by atoms with van der Waals surface area (Å²) in [5, 5.41) is 0. The van der Waals surface area contributed by atoms with Crippen molar-refractivity contribution < 1.29 is 9.53 Å². The molecular weight excluding hydrogens is 214 g/mol. The van der Waals surface area contributed by atoms with E-state index < -0.39 is 0 Å². The van der Waals surface area contributed by atoms with E-state index in [1.54, 1.807) is 0 Å². The molecule has 0 aromatic heterocycles. The molecule has 0 saturated carbocycles. The molecule has 17 heavy (non-hydrogen) atoms. The average Bonchev–Trinajstić information content (AvgIpc) is 2.36. The molecule has 0 spiro atoms. The smallest absolute Gasteiger partial charge is 0.151 e. The lowest BCUT2D eigenvalue weighted by atomic mass is 10.1. The van der Waals surface area contributed by atoms with E-state index in [4.69, 9.17) is 10.5 Å². The Hall–Kier alpha value is -1.19. The van der Waals surface area contributed by atoms with Gasteiger partial charge in [0.1, 0.15) is 0 Å². The highest BCUT2D eigenvalue weighted by atomic mass is 16.5. The first-order chi connectivity index (χ1) is 8.24. The molecule has 1 rings (SSSR count). The number of rotatable bonds is 8. The Morgan fingerprint density at radius 1 is 1.35 bits per heavy atom. The van der Waals surface area contributed by atoms with Gasteiger partial charge in [-0.3, -0.25) is 4.79 Å². The number of hydrogen-bond acceptors (Lipinski definition) is 3. The number of hydrogen-bond donors (Lipinski definition) is 1. The summed E-state index contributed by atoms with van der Waals surface area (Å²) < 4.78 is 5.44. The fourth-order valence-corrected chi connectivity index (χ4v) is 1.59. The van der Waals surface area contributed by atoms with Crippen molar-refractivity contribution in [3.05, 3.63) is 35.9 Å². The van der Waals surface area contributed by atoms with E-state index in [0.29, 0.717) is 19.6 Å². The second-order valence-corrected chi connectivity index (χ2v) is 4.15. The Morgan fingerprint density at radius 3 is 2.71 bits per heavy atom. The largest absolute Gasteiger partial charge is 0.376 e. The fourth-order valence-electron chi connectivity index (χ4n) is 1.59. The minimum Gasteiger partial charge on any atom is -0.376 e. The Morgan fingerprint density at radius 2 is 2.06 bits per heavy atom. The van der Waals surface area contributed by atoms with Crippen LogP contribution in [0.25, 0.3) is 0 Å². The van der Waals surface area contributed by atoms with Gasteiger partial charge in [-0.2, -0.15) is 0 Å². The van der Waals surface area contributed by atoms with Crippen molar-refractivity contribution >= 4 is 5.78 Å². The molecular formula is C14H21NO2. The van der Waals surface area contributed by atoms with Gasteiger partial charge in [0, 0.05) is 6.42 Å². The van der Waals surface area contributed by atoms with Crippen LogP contribution in [0.5, 0.6) is 0 Å². The molecule has 0 bridgehead atoms. The molecule has 1 aromatic rings. The van der Waals surface area contributed by atoms with Crippen molar-refractivity contribution in [1.82, 2.24) is 0 Å². The third kappa shape index (κ3) is 5.61. The van der Waals surface area contributed by atoms with E-state index in [9.17, 15) is 4.79 Å². The molecule has 0 amide bonds. The number of nitrogens with two attached hydrogens (primary N) is 1. The van der Waals surface area contributed by atoms with Crippen LogP contribution in [-0.2, 0) is 16.1 Å². The van der Waals surface area contributed by atoms with Gasteiger partial charge in [0.2, 0.25) is 0 Å². The molecule has 1 atom stereocenters. The zero-order valence-corrected chi connectivity index (χ0v) is 10.4. The van der Waals surface area contributed by atoms with Gasteiger partial charge in [-0.15, -0.1) is 0 Å². The Labute approximate surface area is 103 Å². The van der Waals surface area contributed by atoms with E-state index in [-0.39, 0.29) is 11.8 Å². The zero-order chi connectivity index (χ0) is 12.5. The van der Waals surface area contributed by atoms with Gasteiger partial charge >= 0.3 is 0 Å². The van der Waals surface area contributed by atoms with Gasteiger partial charge in [-0.05, 0) is 12.0 Å². The van der Waals surface area contributed by atoms with E-state index in [1.165, 1.54) is 0 Å². The van der Waals surface area contributed by atoms with Crippen LogP contribution < -0.4 is 5.73 Å². The number of carbonyl (C=O) groups is 1. The van der Waals surface area contributed by atoms with Crippen molar-refractivity contribution in [3.63, 3.8) is 0 Å². The third-order valence-electron chi connectivity index (χ3n) is 2.62. The quantitative estimate of drug-likeness (QED) is 0.703. The summed E-state index contributed by atoms with van der Waals surface area (Å²) in [6, 6.07) is 9.61. The fraction of sp³-hybridized carbons (Fsp3) is 0.500. The maximum atomic E-state index is 11.5. The lowest BCUT2D eigenvalue weighted by Crippen LogP contribution is -2.30. The molecule has 0 heterocycles. The van der Waals surface area contributed by atoms with Crippen LogP contribution in [0.3, 0.4) is 0 Å². The second kappa shape index (κ2) is 7.98. The van der Waals surface area contributed by atoms with E-state index in [0.717, 1.165) is 18.4 Å². The molecule has 3 heteroatoms. The van der Waals surface area contributed by atoms with Crippen molar-refractivity contribution in [1.29, 1.82) is 0 Å². The lowest BCUT2D eigenvalue weighted by Gasteiger charge is -2.09. The molecule has 0 radical (unpaired) electrons. The van der Waals surface area contributed by atoms with Gasteiger partial charge in [0.05, 0.1) is 19.3 Å². The molecule has 94 valence electrons. The Kier molecular flexibility index (Phi) is 6.51. The van der Waals surface area contributed by atoms with Crippen LogP contribution >= 0.6 is 0 Å². The number of Topliss-reactive ketones (excluding diaryl/α,β-unsaturated/α-hetero) is 1. The molecule has 0 aliphatic rings. The first-order valence-corrected chi connectivity index (χ1v) is 6.14. The summed E-state index contributed by atoms with van der Waals surface area (Å²) in [4.78, 5) is 11.5. The first-order valence-electron chi connectivity index (χ1n) is 6.14. The Balaban J connectivity index is 2.14. The molecule has 0 fully saturated rings. The average molecular weight is 235 g/mol. The number of ketones is 1. The number of carbonyl (C=O) groups excluding carboxylic acids is 1. The van der Waals surface area contributed by atoms with Gasteiger partial charge in [0.25, 0.3) is 0 Å². The maximum Gasteiger partial charge on any atom is 0.151 e. The molecule has 1 aromatic carbocycles. The van der Waals surface area contributed by atoms with Crippen molar-refractivity contribution in [2.45, 2.75) is 38.8 Å². The van der Waals surface area contributed by atoms with Crippen LogP contribution in [0.4, 0.5) is 0 Å². The normalized spacial score (nSPS) is 12.4. The SMILES string of the molecule is CCCC(N)C(=O)CCOCc1ccccc1. The monoisotopic (exact) mass is 235 g/mol. The summed E-state index contributed by atoms with van der Waals surface area (Å²) in [7, 11) is 0. The second-order valence-electron chi connectivity index (χ2n) is 4.15. The highest BCUT2D eigenvalue weighted by Gasteiger charge is 2.11. The molecule has 2 N–H and O–H groups in total. The molecule has 1 unspecified atom stereocenters. The van der Waals surface area contributed by atoms with Gasteiger partial charge in [-0.1, -0.05) is 43.7 Å². The van der Waals surface area contributed by atoms with Gasteiger partial charge < -0.3 is 10.5 Å². The zero-order valence-electron chi connectivity index (χ0n) is 10.4. The Bertz CT molecular complexity index is 324. The van der Waals surface area contributed by atoms with Crippen LogP contribution in [0.15, 0.2) is 30.3 Å². The van der Waals surface area contributed by atoms with Gasteiger partial charge in [-0.25, -0.2) is 0 Å². The highest BCUT2D eigenvalue weighted by molar-refractivity contribution is 5.83. The third-order valence-corrected chi connectivity index (χ3v) is 2.62. The van der Waals surface area contributed by atoms with E-state index in [2.05, 4.69) is 0 Å². The first kappa shape index (κ1) is 13.9. The van der Waals surface area contributed by atoms with E-state index >= 15 is 0 Å². The predicted molar refractivity (Wildman–Crippen MR) is 68.6 cm³/mol. The minimum atomic E-state index is -0.319. The minimum absolute atomic E-state index is 0.0971. The van der Waals surface area contributed by atoms with Crippen LogP contribution in [0.2, 0.25) is 0 Å². The summed E-state index contributed by atoms with van der Waals surface area (Å²) in [5.74, 6) is 0.0971. The molecule has 0 saturated heterocycles. The summed E-state index contributed by atoms with van der Waals surface area (Å²) >= 11 is 0. The summed E-state index contributed by atoms with van der Waals surface area (Å²) in [5.41, 5.74) is 6.84. The number of ether oxygens (including phenoxy) is 1. The van der Waals surface area contributed by atoms with Crippen LogP contribution in [-0.4, -0.2) is 18.4 Å². The molecule has 0 aliphatic heterocycles. The van der Waals surface area contributed by atoms with Crippen molar-refractivity contribution in [3.8, 4) is 0 Å². The lowest BCUT2D eigenvalue weighted by molar-refractivity contribution is -0.121. The standard InChI is InChI=1S/C14H21NO2/c1-2-6-13(15)14(16)9-10-17-11-12-7-4-3-5-8-12/h3-5,7-8,13H,2,6,9-11,15H2,1H3. The molecule has 3 nitrogen and oxygen atoms in total. The number of benzene rings is 1. The predicted octanol–water partition coefficient (Wildman–Crippen LogP) is 2.29. The van der Waals surface area contributed by atoms with Gasteiger partial charge in [0.15, 0.2) is 5.78 Å². The highest BCUT2D eigenvalue weighted by Crippen LogP contribution is 2.02. The van der Waals surface area contributed by atoms with Crippen LogP contribution in [0, 0.1) is 0 Å². The van der Waals surface area contributed by atoms with E-state index in [1.807, 2.05) is 37.3 Å². The maximum absolute atomic E-state index is 11.5. The summed E-state index contributed by atoms with van der Waals surface area (Å²) in [6.45, 7) is 3.03. The van der Waals surface area contributed by atoms with Crippen LogP contribution in [0.1, 0.15) is 31.7 Å². The topological polar surface area (TPSA) is 52.3 Å².